The third-order valence-corrected chi connectivity index (χ3v) is 8.89. The van der Waals surface area contributed by atoms with Crippen LogP contribution in [0, 0.1) is 12.8 Å². The molecule has 0 radical (unpaired) electrons. The number of amides is 2. The van der Waals surface area contributed by atoms with Crippen LogP contribution in [0.1, 0.15) is 30.5 Å². The molecule has 0 bridgehead atoms. The molecule has 10 heteroatoms. The van der Waals surface area contributed by atoms with Crippen LogP contribution in [0.5, 0.6) is 0 Å². The van der Waals surface area contributed by atoms with Gasteiger partial charge < -0.3 is 10.2 Å². The average Bonchev–Trinajstić information content (AvgIpc) is 2.90. The molecule has 0 aliphatic carbocycles. The van der Waals surface area contributed by atoms with Gasteiger partial charge in [0, 0.05) is 28.5 Å². The number of rotatable bonds is 12. The highest BCUT2D eigenvalue weighted by Gasteiger charge is 2.33. The number of anilines is 1. The zero-order valence-corrected chi connectivity index (χ0v) is 27.1. The molecular formula is C30H35Br2N3O4S. The van der Waals surface area contributed by atoms with Crippen molar-refractivity contribution in [1.82, 2.24) is 10.2 Å². The molecule has 214 valence electrons. The summed E-state index contributed by atoms with van der Waals surface area (Å²) in [6.45, 7) is 6.00. The van der Waals surface area contributed by atoms with Gasteiger partial charge in [-0.25, -0.2) is 8.42 Å². The molecule has 1 N–H and O–H groups in total. The number of aryl methyl sites for hydroxylation is 1. The van der Waals surface area contributed by atoms with Crippen molar-refractivity contribution in [2.24, 2.45) is 5.92 Å². The molecule has 1 atom stereocenters. The van der Waals surface area contributed by atoms with Crippen molar-refractivity contribution in [3.63, 3.8) is 0 Å². The molecule has 0 aliphatic heterocycles. The lowest BCUT2D eigenvalue weighted by atomic mass is 10.0. The molecule has 1 unspecified atom stereocenters. The summed E-state index contributed by atoms with van der Waals surface area (Å²) in [6, 6.07) is 21.3. The Morgan fingerprint density at radius 2 is 1.57 bits per heavy atom. The number of carbonyl (C=O) groups excluding carboxylic acids is 2. The number of benzene rings is 3. The maximum absolute atomic E-state index is 14.1. The van der Waals surface area contributed by atoms with Crippen molar-refractivity contribution in [3.05, 3.63) is 98.4 Å². The minimum Gasteiger partial charge on any atom is -0.354 e. The van der Waals surface area contributed by atoms with Crippen LogP contribution in [-0.2, 0) is 32.6 Å². The van der Waals surface area contributed by atoms with E-state index in [1.807, 2.05) is 75.4 Å². The first-order valence-corrected chi connectivity index (χ1v) is 16.4. The van der Waals surface area contributed by atoms with Crippen LogP contribution in [-0.4, -0.2) is 50.5 Å². The second kappa shape index (κ2) is 14.3. The van der Waals surface area contributed by atoms with Crippen LogP contribution in [0.2, 0.25) is 0 Å². The van der Waals surface area contributed by atoms with Crippen LogP contribution in [0.4, 0.5) is 5.69 Å². The van der Waals surface area contributed by atoms with E-state index in [9.17, 15) is 18.0 Å². The summed E-state index contributed by atoms with van der Waals surface area (Å²) in [4.78, 5) is 29.2. The fourth-order valence-electron chi connectivity index (χ4n) is 4.16. The predicted molar refractivity (Wildman–Crippen MR) is 168 cm³/mol. The smallest absolute Gasteiger partial charge is 0.244 e. The number of hydrogen-bond acceptors (Lipinski definition) is 4. The van der Waals surface area contributed by atoms with Gasteiger partial charge in [0.2, 0.25) is 21.8 Å². The van der Waals surface area contributed by atoms with Gasteiger partial charge in [0.15, 0.2) is 0 Å². The predicted octanol–water partition coefficient (Wildman–Crippen LogP) is 5.70. The van der Waals surface area contributed by atoms with E-state index < -0.39 is 28.5 Å². The van der Waals surface area contributed by atoms with Gasteiger partial charge in [0.25, 0.3) is 0 Å². The van der Waals surface area contributed by atoms with Crippen LogP contribution in [0.25, 0.3) is 0 Å². The van der Waals surface area contributed by atoms with Gasteiger partial charge in [-0.15, -0.1) is 0 Å². The summed E-state index contributed by atoms with van der Waals surface area (Å²) in [5.74, 6) is -0.540. The van der Waals surface area contributed by atoms with E-state index in [1.165, 1.54) is 4.90 Å². The third-order valence-electron chi connectivity index (χ3n) is 6.33. The summed E-state index contributed by atoms with van der Waals surface area (Å²) in [7, 11) is -3.82. The van der Waals surface area contributed by atoms with E-state index in [4.69, 9.17) is 0 Å². The number of carbonyl (C=O) groups is 2. The minimum absolute atomic E-state index is 0.135. The summed E-state index contributed by atoms with van der Waals surface area (Å²) in [5.41, 5.74) is 2.92. The summed E-state index contributed by atoms with van der Waals surface area (Å²) >= 11 is 6.89. The van der Waals surface area contributed by atoms with Gasteiger partial charge in [-0.3, -0.25) is 13.9 Å². The molecule has 0 aromatic heterocycles. The van der Waals surface area contributed by atoms with Crippen molar-refractivity contribution in [3.8, 4) is 0 Å². The lowest BCUT2D eigenvalue weighted by molar-refractivity contribution is -0.140. The maximum atomic E-state index is 14.1. The Balaban J connectivity index is 2.05. The molecule has 3 aromatic carbocycles. The molecule has 0 heterocycles. The first-order valence-electron chi connectivity index (χ1n) is 12.9. The maximum Gasteiger partial charge on any atom is 0.244 e. The van der Waals surface area contributed by atoms with Crippen LogP contribution in [0.15, 0.2) is 81.7 Å². The van der Waals surface area contributed by atoms with E-state index >= 15 is 0 Å². The lowest BCUT2D eigenvalue weighted by Gasteiger charge is -2.33. The van der Waals surface area contributed by atoms with E-state index in [0.29, 0.717) is 12.2 Å². The second-order valence-corrected chi connectivity index (χ2v) is 13.9. The van der Waals surface area contributed by atoms with Crippen molar-refractivity contribution in [2.45, 2.75) is 39.8 Å². The van der Waals surface area contributed by atoms with Crippen LogP contribution < -0.4 is 9.62 Å². The zero-order valence-electron chi connectivity index (χ0n) is 23.1. The summed E-state index contributed by atoms with van der Waals surface area (Å²) in [6.07, 6.45) is 1.36. The van der Waals surface area contributed by atoms with Crippen molar-refractivity contribution < 1.29 is 18.0 Å². The van der Waals surface area contributed by atoms with Gasteiger partial charge >= 0.3 is 0 Å². The van der Waals surface area contributed by atoms with Gasteiger partial charge in [0.1, 0.15) is 12.6 Å². The molecular weight excluding hydrogens is 658 g/mol. The van der Waals surface area contributed by atoms with Crippen LogP contribution in [0.3, 0.4) is 0 Å². The van der Waals surface area contributed by atoms with E-state index in [2.05, 4.69) is 37.2 Å². The third kappa shape index (κ3) is 9.17. The van der Waals surface area contributed by atoms with E-state index in [0.717, 1.165) is 36.2 Å². The Bertz CT molecular complexity index is 1410. The molecule has 2 amide bonds. The topological polar surface area (TPSA) is 86.8 Å². The molecule has 3 rings (SSSR count). The molecule has 0 saturated heterocycles. The number of sulfonamides is 1. The van der Waals surface area contributed by atoms with Gasteiger partial charge in [-0.1, -0.05) is 88.2 Å². The van der Waals surface area contributed by atoms with Crippen molar-refractivity contribution in [1.29, 1.82) is 0 Å². The quantitative estimate of drug-likeness (QED) is 0.264. The Kier molecular flexibility index (Phi) is 11.4. The normalized spacial score (nSPS) is 12.2. The molecule has 0 spiro atoms. The van der Waals surface area contributed by atoms with Gasteiger partial charge in [0.05, 0.1) is 11.9 Å². The summed E-state index contributed by atoms with van der Waals surface area (Å²) < 4.78 is 28.6. The highest BCUT2D eigenvalue weighted by atomic mass is 79.9. The molecule has 0 saturated carbocycles. The molecule has 0 fully saturated rings. The monoisotopic (exact) mass is 691 g/mol. The first kappa shape index (κ1) is 31.8. The lowest BCUT2D eigenvalue weighted by Crippen LogP contribution is -2.53. The first-order chi connectivity index (χ1) is 18.8. The standard InChI is InChI=1S/C30H35Br2N3O4S/c1-21(2)18-33-30(37)28(17-23-8-6-5-7-9-23)34(19-24-10-12-25(31)13-11-24)29(36)20-35(40(4,38)39)26-14-15-27(32)22(3)16-26/h5-16,21,28H,17-20H2,1-4H3,(H,33,37). The van der Waals surface area contributed by atoms with E-state index in [-0.39, 0.29) is 24.8 Å². The fraction of sp³-hybridized carbons (Fsp3) is 0.333. The fourth-order valence-corrected chi connectivity index (χ4v) is 5.51. The number of nitrogens with zero attached hydrogens (tertiary/aromatic N) is 2. The highest BCUT2D eigenvalue weighted by Crippen LogP contribution is 2.25. The molecule has 0 aliphatic rings. The van der Waals surface area contributed by atoms with Crippen molar-refractivity contribution in [2.75, 3.05) is 23.7 Å². The molecule has 40 heavy (non-hydrogen) atoms. The van der Waals surface area contributed by atoms with Crippen molar-refractivity contribution >= 4 is 59.4 Å². The summed E-state index contributed by atoms with van der Waals surface area (Å²) in [5, 5.41) is 2.98. The Hall–Kier alpha value is -2.69. The number of nitrogens with one attached hydrogen (secondary N) is 1. The Morgan fingerprint density at radius 3 is 2.15 bits per heavy atom. The Morgan fingerprint density at radius 1 is 0.925 bits per heavy atom. The largest absolute Gasteiger partial charge is 0.354 e. The van der Waals surface area contributed by atoms with Gasteiger partial charge in [-0.2, -0.15) is 0 Å². The van der Waals surface area contributed by atoms with Crippen LogP contribution >= 0.6 is 31.9 Å². The zero-order chi connectivity index (χ0) is 29.4. The molecule has 7 nitrogen and oxygen atoms in total. The minimum atomic E-state index is -3.82. The SMILES string of the molecule is Cc1cc(N(CC(=O)N(Cc2ccc(Br)cc2)C(Cc2ccccc2)C(=O)NCC(C)C)S(C)(=O)=O)ccc1Br. The van der Waals surface area contributed by atoms with Gasteiger partial charge in [-0.05, 0) is 59.9 Å². The highest BCUT2D eigenvalue weighted by molar-refractivity contribution is 9.10. The second-order valence-electron chi connectivity index (χ2n) is 10.2. The average molecular weight is 694 g/mol. The number of hydrogen-bond donors (Lipinski definition) is 1. The molecule has 3 aromatic rings. The van der Waals surface area contributed by atoms with E-state index in [1.54, 1.807) is 18.2 Å². The number of halogens is 2. The Labute approximate surface area is 254 Å².